The van der Waals surface area contributed by atoms with Crippen LogP contribution in [-0.2, 0) is 50.5 Å². The quantitative estimate of drug-likeness (QED) is 0.0382. The van der Waals surface area contributed by atoms with Crippen LogP contribution in [0.4, 0.5) is 10.8 Å². The van der Waals surface area contributed by atoms with Gasteiger partial charge >= 0.3 is 45.8 Å². The van der Waals surface area contributed by atoms with Gasteiger partial charge in [-0.2, -0.15) is 12.7 Å². The molecule has 0 saturated carbocycles. The molecule has 1 aromatic heterocycles. The number of non-ortho nitro benzene ring substituents is 1. The zero-order chi connectivity index (χ0) is 31.4. The van der Waals surface area contributed by atoms with Crippen molar-refractivity contribution in [1.82, 2.24) is 20.1 Å². The maximum atomic E-state index is 13.1. The van der Waals surface area contributed by atoms with Gasteiger partial charge in [0.05, 0.1) is 12.0 Å². The predicted molar refractivity (Wildman–Crippen MR) is 148 cm³/mol. The van der Waals surface area contributed by atoms with Gasteiger partial charge in [0.2, 0.25) is 5.60 Å². The van der Waals surface area contributed by atoms with Gasteiger partial charge in [0.1, 0.15) is 18.3 Å². The number of β-lactam (4-membered cyclic amide) rings is 1. The fourth-order valence-electron chi connectivity index (χ4n) is 3.32. The second-order valence-electron chi connectivity index (χ2n) is 8.79. The molecule has 1 fully saturated rings. The van der Waals surface area contributed by atoms with Gasteiger partial charge in [-0.25, -0.2) is 15.3 Å². The summed E-state index contributed by atoms with van der Waals surface area (Å²) >= 11 is 0.902. The van der Waals surface area contributed by atoms with E-state index in [1.165, 1.54) is 43.5 Å². The number of carbonyl (C=O) groups excluding carboxylic acids is 4. The van der Waals surface area contributed by atoms with Crippen LogP contribution in [-0.4, -0.2) is 111 Å². The minimum absolute atomic E-state index is 0. The summed E-state index contributed by atoms with van der Waals surface area (Å²) in [5, 5.41) is 17.9. The van der Waals surface area contributed by atoms with E-state index in [0.717, 1.165) is 18.4 Å². The molecular weight excluding hydrogens is 629 g/mol. The van der Waals surface area contributed by atoms with E-state index >= 15 is 0 Å². The van der Waals surface area contributed by atoms with Gasteiger partial charge in [-0.05, 0) is 31.5 Å². The number of hydrogen-bond donors (Lipinski definition) is 4. The summed E-state index contributed by atoms with van der Waals surface area (Å²) in [6.45, 7) is 2.23. The Balaban J connectivity index is 0.00000645. The third-order valence-electron chi connectivity index (χ3n) is 5.41. The summed E-state index contributed by atoms with van der Waals surface area (Å²) in [6, 6.07) is 1.51. The summed E-state index contributed by atoms with van der Waals surface area (Å²) in [5.74, 6) is -4.68. The van der Waals surface area contributed by atoms with Gasteiger partial charge in [0, 0.05) is 17.5 Å². The molecular formula is C21H24N7NaO12S2. The first kappa shape index (κ1) is 35.5. The molecule has 2 heterocycles. The van der Waals surface area contributed by atoms with Crippen LogP contribution in [0.5, 0.6) is 0 Å². The third-order valence-corrected chi connectivity index (χ3v) is 6.99. The van der Waals surface area contributed by atoms with Crippen molar-refractivity contribution in [3.8, 4) is 0 Å². The molecule has 1 aromatic carbocycles. The van der Waals surface area contributed by atoms with Crippen molar-refractivity contribution in [3.05, 3.63) is 51.0 Å². The standard InChI is InChI=1S/C21H23N7O12S2.Na.H/c1-21(2,19(32)39-8-10-4-6-11(7-5-10)28(33)34)40-25-13(12-9-41-20(22)23-12)16(29)24-14-15(17(30)26-38-3)27(18(14)31)42(35,36)37;;/h4-7,9,14-15H,8H2,1-3H3,(H2,22,23)(H,24,29)(H,26,30)(H,35,36,37);;/b25-13-;;. The Kier molecular flexibility index (Phi) is 11.7. The molecule has 5 N–H and O–H groups in total. The van der Waals surface area contributed by atoms with Crippen molar-refractivity contribution in [2.45, 2.75) is 38.1 Å². The molecule has 1 aliphatic heterocycles. The van der Waals surface area contributed by atoms with E-state index in [0.29, 0.717) is 5.56 Å². The summed E-state index contributed by atoms with van der Waals surface area (Å²) in [4.78, 5) is 74.4. The molecule has 19 nitrogen and oxygen atoms in total. The van der Waals surface area contributed by atoms with Crippen molar-refractivity contribution < 1.29 is 51.5 Å². The first-order valence-electron chi connectivity index (χ1n) is 11.4. The van der Waals surface area contributed by atoms with Crippen molar-refractivity contribution in [1.29, 1.82) is 0 Å². The van der Waals surface area contributed by atoms with E-state index in [1.807, 2.05) is 0 Å². The molecule has 2 aromatic rings. The Labute approximate surface area is 269 Å². The number of nitro benzene ring substituents is 1. The average Bonchev–Trinajstić information content (AvgIpc) is 3.33. The summed E-state index contributed by atoms with van der Waals surface area (Å²) in [6.07, 6.45) is 0. The fourth-order valence-corrected chi connectivity index (χ4v) is 4.72. The molecule has 0 spiro atoms. The molecule has 1 saturated heterocycles. The number of anilines is 1. The number of rotatable bonds is 12. The van der Waals surface area contributed by atoms with Crippen LogP contribution in [0, 0.1) is 10.1 Å². The van der Waals surface area contributed by atoms with Crippen LogP contribution in [0.15, 0.2) is 34.8 Å². The molecule has 1 aliphatic rings. The third kappa shape index (κ3) is 8.43. The van der Waals surface area contributed by atoms with E-state index in [1.54, 1.807) is 5.48 Å². The number of hydrogen-bond acceptors (Lipinski definition) is 15. The van der Waals surface area contributed by atoms with Gasteiger partial charge in [-0.3, -0.25) is 33.9 Å². The summed E-state index contributed by atoms with van der Waals surface area (Å²) in [7, 11) is -4.16. The SMILES string of the molecule is CONC(=O)C1C(NC(=O)/C(=N\OC(C)(C)C(=O)OCc2ccc([N+](=O)[O-])cc2)c2csc(N)n2)C(=O)N1S(=O)(=O)O.[NaH]. The number of nitrogens with one attached hydrogen (secondary N) is 2. The Morgan fingerprint density at radius 1 is 1.28 bits per heavy atom. The van der Waals surface area contributed by atoms with Crippen molar-refractivity contribution in [2.75, 3.05) is 12.8 Å². The molecule has 2 unspecified atom stereocenters. The monoisotopic (exact) mass is 653 g/mol. The molecule has 0 radical (unpaired) electrons. The van der Waals surface area contributed by atoms with Crippen LogP contribution in [0.2, 0.25) is 0 Å². The summed E-state index contributed by atoms with van der Waals surface area (Å²) in [5.41, 5.74) is 5.11. The number of nitrogens with two attached hydrogens (primary N) is 1. The number of thiazole rings is 1. The van der Waals surface area contributed by atoms with E-state index in [4.69, 9.17) is 15.3 Å². The van der Waals surface area contributed by atoms with E-state index in [9.17, 15) is 42.3 Å². The first-order valence-corrected chi connectivity index (χ1v) is 13.7. The van der Waals surface area contributed by atoms with Crippen LogP contribution < -0.4 is 16.5 Å². The van der Waals surface area contributed by atoms with Gasteiger partial charge in [-0.1, -0.05) is 5.16 Å². The van der Waals surface area contributed by atoms with Gasteiger partial charge in [-0.15, -0.1) is 11.3 Å². The van der Waals surface area contributed by atoms with Gasteiger partial charge in [0.15, 0.2) is 16.9 Å². The van der Waals surface area contributed by atoms with Crippen molar-refractivity contribution in [3.63, 3.8) is 0 Å². The zero-order valence-electron chi connectivity index (χ0n) is 21.9. The molecule has 0 bridgehead atoms. The Morgan fingerprint density at radius 2 is 1.91 bits per heavy atom. The van der Waals surface area contributed by atoms with Crippen LogP contribution >= 0.6 is 11.3 Å². The Morgan fingerprint density at radius 3 is 2.42 bits per heavy atom. The Hall–Kier alpha value is -3.73. The second kappa shape index (κ2) is 14.2. The molecule has 228 valence electrons. The number of esters is 1. The number of aromatic nitrogens is 1. The van der Waals surface area contributed by atoms with Crippen molar-refractivity contribution >= 4 is 91.4 Å². The average molecular weight is 654 g/mol. The van der Waals surface area contributed by atoms with Gasteiger partial charge < -0.3 is 20.6 Å². The topological polar surface area (TPSA) is 272 Å². The zero-order valence-corrected chi connectivity index (χ0v) is 23.5. The number of hydroxylamine groups is 1. The number of benzene rings is 1. The number of nitrogens with zero attached hydrogens (tertiary/aromatic N) is 4. The predicted octanol–water partition coefficient (Wildman–Crippen LogP) is -1.60. The number of ether oxygens (including phenoxy) is 1. The molecule has 22 heteroatoms. The first-order chi connectivity index (χ1) is 19.6. The van der Waals surface area contributed by atoms with Crippen LogP contribution in [0.1, 0.15) is 25.1 Å². The number of nitrogen functional groups attached to an aromatic ring is 1. The molecule has 0 aliphatic carbocycles. The van der Waals surface area contributed by atoms with Crippen LogP contribution in [0.3, 0.4) is 0 Å². The second-order valence-corrected chi connectivity index (χ2v) is 11.0. The van der Waals surface area contributed by atoms with Gasteiger partial charge in [0.25, 0.3) is 23.4 Å². The molecule has 3 rings (SSSR count). The number of oxime groups is 1. The summed E-state index contributed by atoms with van der Waals surface area (Å²) < 4.78 is 37.5. The van der Waals surface area contributed by atoms with E-state index < -0.39 is 62.3 Å². The number of nitro groups is 1. The number of carbonyl (C=O) groups is 4. The maximum absolute atomic E-state index is 13.1. The fraction of sp³-hybridized carbons (Fsp3) is 0.333. The number of amides is 3. The van der Waals surface area contributed by atoms with E-state index in [-0.39, 0.29) is 57.0 Å². The van der Waals surface area contributed by atoms with E-state index in [2.05, 4.69) is 20.3 Å². The van der Waals surface area contributed by atoms with Crippen molar-refractivity contribution in [2.24, 2.45) is 5.16 Å². The van der Waals surface area contributed by atoms with Crippen LogP contribution in [0.25, 0.3) is 0 Å². The Bertz CT molecular complexity index is 1550. The molecule has 3 amide bonds. The minimum atomic E-state index is -5.18. The molecule has 43 heavy (non-hydrogen) atoms. The normalized spacial score (nSPS) is 16.8. The molecule has 2 atom stereocenters.